The Morgan fingerprint density at radius 2 is 1.89 bits per heavy atom. The zero-order valence-electron chi connectivity index (χ0n) is 15.4. The number of halogens is 1. The van der Waals surface area contributed by atoms with Gasteiger partial charge in [0.25, 0.3) is 0 Å². The van der Waals surface area contributed by atoms with Crippen LogP contribution in [0.15, 0.2) is 32.8 Å². The monoisotopic (exact) mass is 402 g/mol. The van der Waals surface area contributed by atoms with Crippen molar-refractivity contribution in [1.82, 2.24) is 0 Å². The third kappa shape index (κ3) is 2.84. The van der Waals surface area contributed by atoms with Crippen LogP contribution >= 0.6 is 11.3 Å². The molecule has 0 unspecified atom stereocenters. The number of nitrogens with zero attached hydrogens (tertiary/aromatic N) is 2. The third-order valence-electron chi connectivity index (χ3n) is 5.19. The minimum Gasteiger partial charge on any atom is -0.489 e. The topological polar surface area (TPSA) is 55.2 Å². The van der Waals surface area contributed by atoms with Crippen molar-refractivity contribution in [2.75, 3.05) is 56.3 Å². The van der Waals surface area contributed by atoms with E-state index >= 15 is 0 Å². The first-order valence-electron chi connectivity index (χ1n) is 9.18. The summed E-state index contributed by atoms with van der Waals surface area (Å²) in [6, 6.07) is 4.69. The van der Waals surface area contributed by atoms with Gasteiger partial charge in [-0.15, -0.1) is 11.3 Å². The minimum atomic E-state index is -0.395. The maximum atomic E-state index is 14.9. The van der Waals surface area contributed by atoms with Gasteiger partial charge in [0.05, 0.1) is 25.4 Å². The average Bonchev–Trinajstić information content (AvgIpc) is 3.13. The molecule has 2 aliphatic rings. The standard InChI is InChI=1S/C20H19FN2O4S/c1-22-2-7-26-17-9-14(21)12(8-15(17)22)13-11-28-20-16(24)10-18(27-19(13)20)23-3-5-25-6-4-23/h8-11H,2-7H2,1H3. The fourth-order valence-corrected chi connectivity index (χ4v) is 4.54. The first-order valence-corrected chi connectivity index (χ1v) is 10.1. The van der Waals surface area contributed by atoms with E-state index < -0.39 is 5.82 Å². The molecular weight excluding hydrogens is 383 g/mol. The summed E-state index contributed by atoms with van der Waals surface area (Å²) in [5, 5.41) is 1.78. The van der Waals surface area contributed by atoms with Crippen molar-refractivity contribution in [2.24, 2.45) is 0 Å². The van der Waals surface area contributed by atoms with Gasteiger partial charge in [0.2, 0.25) is 5.43 Å². The molecule has 8 heteroatoms. The van der Waals surface area contributed by atoms with Crippen LogP contribution < -0.4 is 20.0 Å². The molecule has 4 heterocycles. The molecule has 5 rings (SSSR count). The Balaban J connectivity index is 1.66. The van der Waals surface area contributed by atoms with E-state index in [4.69, 9.17) is 13.9 Å². The van der Waals surface area contributed by atoms with E-state index in [9.17, 15) is 9.18 Å². The number of fused-ring (bicyclic) bond motifs is 2. The van der Waals surface area contributed by atoms with Gasteiger partial charge in [-0.2, -0.15) is 0 Å². The summed E-state index contributed by atoms with van der Waals surface area (Å²) in [4.78, 5) is 16.6. The molecule has 0 spiro atoms. The zero-order chi connectivity index (χ0) is 19.3. The van der Waals surface area contributed by atoms with E-state index in [1.807, 2.05) is 16.8 Å². The van der Waals surface area contributed by atoms with Crippen molar-refractivity contribution in [3.8, 4) is 16.9 Å². The van der Waals surface area contributed by atoms with Gasteiger partial charge in [-0.3, -0.25) is 4.79 Å². The number of hydrogen-bond donors (Lipinski definition) is 0. The predicted molar refractivity (Wildman–Crippen MR) is 108 cm³/mol. The van der Waals surface area contributed by atoms with E-state index in [1.165, 1.54) is 23.5 Å². The van der Waals surface area contributed by atoms with Gasteiger partial charge in [0.15, 0.2) is 11.5 Å². The van der Waals surface area contributed by atoms with Crippen molar-refractivity contribution in [2.45, 2.75) is 0 Å². The fraction of sp³-hybridized carbons (Fsp3) is 0.350. The molecule has 0 radical (unpaired) electrons. The Hall–Kier alpha value is -2.58. The lowest BCUT2D eigenvalue weighted by Crippen LogP contribution is -2.36. The van der Waals surface area contributed by atoms with Gasteiger partial charge in [0.1, 0.15) is 22.9 Å². The lowest BCUT2D eigenvalue weighted by Gasteiger charge is -2.28. The third-order valence-corrected chi connectivity index (χ3v) is 6.16. The Morgan fingerprint density at radius 1 is 1.07 bits per heavy atom. The number of anilines is 2. The quantitative estimate of drug-likeness (QED) is 0.656. The molecule has 2 aromatic heterocycles. The van der Waals surface area contributed by atoms with Crippen molar-refractivity contribution in [3.63, 3.8) is 0 Å². The second-order valence-electron chi connectivity index (χ2n) is 6.93. The Labute approximate surface area is 164 Å². The molecule has 2 aliphatic heterocycles. The van der Waals surface area contributed by atoms with E-state index in [0.29, 0.717) is 66.0 Å². The number of likely N-dealkylation sites (N-methyl/N-ethyl adjacent to an activating group) is 1. The normalized spacial score (nSPS) is 16.9. The van der Waals surface area contributed by atoms with E-state index in [1.54, 1.807) is 11.4 Å². The Kier molecular flexibility index (Phi) is 4.25. The van der Waals surface area contributed by atoms with E-state index in [2.05, 4.69) is 0 Å². The first-order chi connectivity index (χ1) is 13.6. The van der Waals surface area contributed by atoms with Gasteiger partial charge in [-0.05, 0) is 6.07 Å². The molecule has 1 fully saturated rings. The van der Waals surface area contributed by atoms with Crippen LogP contribution in [-0.2, 0) is 4.74 Å². The van der Waals surface area contributed by atoms with Crippen LogP contribution in [0.25, 0.3) is 21.4 Å². The first kappa shape index (κ1) is 17.5. The van der Waals surface area contributed by atoms with Crippen molar-refractivity contribution >= 4 is 33.2 Å². The molecule has 0 saturated carbocycles. The van der Waals surface area contributed by atoms with Gasteiger partial charge in [0, 0.05) is 48.8 Å². The number of thiophene rings is 1. The predicted octanol–water partition coefficient (Wildman–Crippen LogP) is 3.33. The van der Waals surface area contributed by atoms with Gasteiger partial charge in [-0.1, -0.05) is 0 Å². The summed E-state index contributed by atoms with van der Waals surface area (Å²) < 4.78 is 32.5. The highest BCUT2D eigenvalue weighted by atomic mass is 32.1. The Morgan fingerprint density at radius 3 is 2.71 bits per heavy atom. The summed E-state index contributed by atoms with van der Waals surface area (Å²) in [7, 11) is 1.95. The van der Waals surface area contributed by atoms with Crippen LogP contribution in [0.5, 0.6) is 5.75 Å². The van der Waals surface area contributed by atoms with Crippen LogP contribution in [0.2, 0.25) is 0 Å². The maximum absolute atomic E-state index is 14.9. The maximum Gasteiger partial charge on any atom is 0.204 e. The molecule has 0 amide bonds. The molecule has 0 bridgehead atoms. The molecule has 0 atom stereocenters. The number of rotatable bonds is 2. The molecule has 28 heavy (non-hydrogen) atoms. The second-order valence-corrected chi connectivity index (χ2v) is 7.81. The molecule has 0 aliphatic carbocycles. The van der Waals surface area contributed by atoms with Crippen molar-refractivity contribution < 1.29 is 18.3 Å². The smallest absolute Gasteiger partial charge is 0.204 e. The lowest BCUT2D eigenvalue weighted by molar-refractivity contribution is 0.121. The van der Waals surface area contributed by atoms with Crippen molar-refractivity contribution in [1.29, 1.82) is 0 Å². The summed E-state index contributed by atoms with van der Waals surface area (Å²) in [5.74, 6) is 0.637. The SMILES string of the molecule is CN1CCOc2cc(F)c(-c3csc4c(=O)cc(N5CCOCC5)oc34)cc21. The summed E-state index contributed by atoms with van der Waals surface area (Å²) in [6.45, 7) is 3.75. The largest absolute Gasteiger partial charge is 0.489 e. The van der Waals surface area contributed by atoms with Crippen LogP contribution in [0.4, 0.5) is 16.0 Å². The highest BCUT2D eigenvalue weighted by Crippen LogP contribution is 2.41. The fourth-order valence-electron chi connectivity index (χ4n) is 3.63. The molecule has 0 N–H and O–H groups in total. The zero-order valence-corrected chi connectivity index (χ0v) is 16.2. The molecule has 1 aromatic carbocycles. The van der Waals surface area contributed by atoms with E-state index in [-0.39, 0.29) is 5.43 Å². The molecule has 3 aromatic rings. The molecule has 1 saturated heterocycles. The van der Waals surface area contributed by atoms with Crippen molar-refractivity contribution in [3.05, 3.63) is 39.6 Å². The average molecular weight is 402 g/mol. The van der Waals surface area contributed by atoms with Crippen LogP contribution in [-0.4, -0.2) is 46.5 Å². The highest BCUT2D eigenvalue weighted by molar-refractivity contribution is 7.17. The van der Waals surface area contributed by atoms with Gasteiger partial charge < -0.3 is 23.7 Å². The van der Waals surface area contributed by atoms with Gasteiger partial charge >= 0.3 is 0 Å². The molecular formula is C20H19FN2O4S. The second kappa shape index (κ2) is 6.79. The van der Waals surface area contributed by atoms with Crippen LogP contribution in [0, 0.1) is 5.82 Å². The van der Waals surface area contributed by atoms with E-state index in [0.717, 1.165) is 12.2 Å². The molecule has 6 nitrogen and oxygen atoms in total. The van der Waals surface area contributed by atoms with Gasteiger partial charge in [-0.25, -0.2) is 4.39 Å². The lowest BCUT2D eigenvalue weighted by atomic mass is 10.0. The van der Waals surface area contributed by atoms with Crippen LogP contribution in [0.3, 0.4) is 0 Å². The minimum absolute atomic E-state index is 0.113. The highest BCUT2D eigenvalue weighted by Gasteiger charge is 2.23. The summed E-state index contributed by atoms with van der Waals surface area (Å²) >= 11 is 1.28. The number of benzene rings is 1. The Bertz CT molecular complexity index is 1100. The molecule has 146 valence electrons. The van der Waals surface area contributed by atoms with Crippen LogP contribution in [0.1, 0.15) is 0 Å². The summed E-state index contributed by atoms with van der Waals surface area (Å²) in [5.41, 5.74) is 2.14. The number of hydrogen-bond acceptors (Lipinski definition) is 7. The number of ether oxygens (including phenoxy) is 2. The summed E-state index contributed by atoms with van der Waals surface area (Å²) in [6.07, 6.45) is 0. The number of morpholine rings is 1.